The summed E-state index contributed by atoms with van der Waals surface area (Å²) in [6.45, 7) is 0. The first kappa shape index (κ1) is 9.69. The topological polar surface area (TPSA) is 100 Å². The lowest BCUT2D eigenvalue weighted by molar-refractivity contribution is 0.0997. The third-order valence-corrected chi connectivity index (χ3v) is 2.32. The lowest BCUT2D eigenvalue weighted by Gasteiger charge is -2.09. The zero-order valence-corrected chi connectivity index (χ0v) is 7.24. The third kappa shape index (κ3) is 2.04. The van der Waals surface area contributed by atoms with Crippen molar-refractivity contribution in [3.05, 3.63) is 29.8 Å². The number of hydrogen-bond acceptors (Lipinski definition) is 4. The van der Waals surface area contributed by atoms with E-state index in [4.69, 9.17) is 5.73 Å². The molecule has 5 nitrogen and oxygen atoms in total. The van der Waals surface area contributed by atoms with E-state index in [9.17, 15) is 17.8 Å². The van der Waals surface area contributed by atoms with Crippen molar-refractivity contribution in [1.29, 1.82) is 0 Å². The largest absolute Gasteiger partial charge is 0.744 e. The Bertz CT molecular complexity index is 438. The molecule has 0 spiro atoms. The van der Waals surface area contributed by atoms with Gasteiger partial charge in [-0.1, -0.05) is 12.1 Å². The van der Waals surface area contributed by atoms with Crippen LogP contribution in [0.1, 0.15) is 10.4 Å². The minimum Gasteiger partial charge on any atom is -0.744 e. The van der Waals surface area contributed by atoms with Crippen LogP contribution >= 0.6 is 0 Å². The summed E-state index contributed by atoms with van der Waals surface area (Å²) in [6, 6.07) is 5.00. The van der Waals surface area contributed by atoms with Crippen LogP contribution in [0.15, 0.2) is 29.2 Å². The number of carbonyl (C=O) groups is 1. The van der Waals surface area contributed by atoms with Crippen molar-refractivity contribution in [2.75, 3.05) is 0 Å². The smallest absolute Gasteiger partial charge is 0.249 e. The van der Waals surface area contributed by atoms with Crippen LogP contribution in [0.25, 0.3) is 0 Å². The van der Waals surface area contributed by atoms with Gasteiger partial charge >= 0.3 is 0 Å². The highest BCUT2D eigenvalue weighted by Crippen LogP contribution is 2.13. The van der Waals surface area contributed by atoms with E-state index in [1.165, 1.54) is 18.2 Å². The van der Waals surface area contributed by atoms with Crippen molar-refractivity contribution < 1.29 is 17.8 Å². The number of benzene rings is 1. The molecule has 0 heterocycles. The molecule has 1 amide bonds. The molecule has 1 aromatic rings. The standard InChI is InChI=1S/C7H7NO4S/c8-7(9)5-3-1-2-4-6(5)13(10,11)12/h1-4H,(H2,8,9)(H,10,11,12)/p-1. The molecule has 0 fully saturated rings. The van der Waals surface area contributed by atoms with Crippen molar-refractivity contribution in [2.45, 2.75) is 4.90 Å². The fraction of sp³-hybridized carbons (Fsp3) is 0. The molecule has 0 atom stereocenters. The van der Waals surface area contributed by atoms with Crippen LogP contribution in [-0.2, 0) is 10.1 Å². The molecule has 0 bridgehead atoms. The second kappa shape index (κ2) is 3.15. The van der Waals surface area contributed by atoms with Gasteiger partial charge in [0.15, 0.2) is 0 Å². The number of primary amides is 1. The summed E-state index contributed by atoms with van der Waals surface area (Å²) in [5, 5.41) is 0. The molecule has 1 rings (SSSR count). The van der Waals surface area contributed by atoms with E-state index in [1.807, 2.05) is 0 Å². The lowest BCUT2D eigenvalue weighted by atomic mass is 10.2. The highest BCUT2D eigenvalue weighted by molar-refractivity contribution is 7.85. The molecule has 0 aromatic heterocycles. The molecule has 0 saturated heterocycles. The van der Waals surface area contributed by atoms with Gasteiger partial charge in [0.05, 0.1) is 10.5 Å². The molecule has 0 saturated carbocycles. The molecule has 0 unspecified atom stereocenters. The first-order valence-electron chi connectivity index (χ1n) is 3.27. The molecule has 0 aliphatic carbocycles. The second-order valence-corrected chi connectivity index (χ2v) is 3.66. The number of amides is 1. The molecule has 13 heavy (non-hydrogen) atoms. The summed E-state index contributed by atoms with van der Waals surface area (Å²) in [6.07, 6.45) is 0. The van der Waals surface area contributed by atoms with Crippen LogP contribution in [0, 0.1) is 0 Å². The molecule has 0 aliphatic rings. The average molecular weight is 200 g/mol. The van der Waals surface area contributed by atoms with Gasteiger partial charge in [-0.2, -0.15) is 0 Å². The first-order chi connectivity index (χ1) is 5.93. The highest BCUT2D eigenvalue weighted by Gasteiger charge is 2.11. The van der Waals surface area contributed by atoms with Crippen LogP contribution in [-0.4, -0.2) is 18.9 Å². The van der Waals surface area contributed by atoms with Crippen LogP contribution in [0.4, 0.5) is 0 Å². The Labute approximate surface area is 74.9 Å². The quantitative estimate of drug-likeness (QED) is 0.661. The number of hydrogen-bond donors (Lipinski definition) is 1. The van der Waals surface area contributed by atoms with Gasteiger partial charge in [0, 0.05) is 0 Å². The van der Waals surface area contributed by atoms with E-state index in [2.05, 4.69) is 0 Å². The van der Waals surface area contributed by atoms with Crippen LogP contribution in [0.2, 0.25) is 0 Å². The van der Waals surface area contributed by atoms with Gasteiger partial charge in [-0.25, -0.2) is 8.42 Å². The molecule has 6 heteroatoms. The molecular weight excluding hydrogens is 194 g/mol. The van der Waals surface area contributed by atoms with Crippen LogP contribution in [0.3, 0.4) is 0 Å². The number of nitrogens with two attached hydrogens (primary N) is 1. The Morgan fingerprint density at radius 1 is 1.31 bits per heavy atom. The molecular formula is C7H6NO4S-. The van der Waals surface area contributed by atoms with E-state index in [1.54, 1.807) is 0 Å². The van der Waals surface area contributed by atoms with Gasteiger partial charge in [0.25, 0.3) is 0 Å². The fourth-order valence-corrected chi connectivity index (χ4v) is 1.57. The predicted octanol–water partition coefficient (Wildman–Crippen LogP) is -0.310. The molecule has 2 N–H and O–H groups in total. The molecule has 0 radical (unpaired) electrons. The first-order valence-corrected chi connectivity index (χ1v) is 4.68. The maximum atomic E-state index is 10.7. The second-order valence-electron chi connectivity index (χ2n) is 2.31. The van der Waals surface area contributed by atoms with Crippen LogP contribution in [0.5, 0.6) is 0 Å². The molecule has 0 aliphatic heterocycles. The van der Waals surface area contributed by atoms with Crippen LogP contribution < -0.4 is 5.73 Å². The zero-order valence-electron chi connectivity index (χ0n) is 6.43. The maximum absolute atomic E-state index is 10.7. The van der Waals surface area contributed by atoms with Crippen molar-refractivity contribution in [1.82, 2.24) is 0 Å². The van der Waals surface area contributed by atoms with E-state index < -0.39 is 20.9 Å². The summed E-state index contributed by atoms with van der Waals surface area (Å²) in [5.74, 6) is -0.935. The molecule has 70 valence electrons. The third-order valence-electron chi connectivity index (χ3n) is 1.42. The van der Waals surface area contributed by atoms with Gasteiger partial charge in [0.2, 0.25) is 5.91 Å². The monoisotopic (exact) mass is 200 g/mol. The average Bonchev–Trinajstić information content (AvgIpc) is 2.03. The zero-order chi connectivity index (χ0) is 10.1. The van der Waals surface area contributed by atoms with Crippen molar-refractivity contribution in [3.8, 4) is 0 Å². The summed E-state index contributed by atoms with van der Waals surface area (Å²) < 4.78 is 31.8. The van der Waals surface area contributed by atoms with Gasteiger partial charge in [0.1, 0.15) is 10.1 Å². The number of rotatable bonds is 2. The Balaban J connectivity index is 3.46. The molecule has 1 aromatic carbocycles. The fourth-order valence-electron chi connectivity index (χ4n) is 0.888. The number of carbonyl (C=O) groups excluding carboxylic acids is 1. The SMILES string of the molecule is NC(=O)c1ccccc1S(=O)(=O)[O-]. The summed E-state index contributed by atoms with van der Waals surface area (Å²) in [4.78, 5) is 10.1. The van der Waals surface area contributed by atoms with Crippen molar-refractivity contribution in [2.24, 2.45) is 5.73 Å². The minimum atomic E-state index is -4.63. The maximum Gasteiger partial charge on any atom is 0.249 e. The highest BCUT2D eigenvalue weighted by atomic mass is 32.2. The summed E-state index contributed by atoms with van der Waals surface area (Å²) in [7, 11) is -4.63. The summed E-state index contributed by atoms with van der Waals surface area (Å²) >= 11 is 0. The van der Waals surface area contributed by atoms with Gasteiger partial charge < -0.3 is 10.3 Å². The van der Waals surface area contributed by atoms with E-state index in [0.29, 0.717) is 0 Å². The Morgan fingerprint density at radius 3 is 2.23 bits per heavy atom. The van der Waals surface area contributed by atoms with Gasteiger partial charge in [-0.05, 0) is 12.1 Å². The Hall–Kier alpha value is -1.40. The summed E-state index contributed by atoms with van der Waals surface area (Å²) in [5.41, 5.74) is 4.59. The Kier molecular flexibility index (Phi) is 2.35. The van der Waals surface area contributed by atoms with Crippen molar-refractivity contribution in [3.63, 3.8) is 0 Å². The minimum absolute atomic E-state index is 0.280. The Morgan fingerprint density at radius 2 is 1.85 bits per heavy atom. The van der Waals surface area contributed by atoms with Gasteiger partial charge in [-0.3, -0.25) is 4.79 Å². The van der Waals surface area contributed by atoms with Gasteiger partial charge in [-0.15, -0.1) is 0 Å². The predicted molar refractivity (Wildman–Crippen MR) is 42.9 cm³/mol. The van der Waals surface area contributed by atoms with E-state index in [0.717, 1.165) is 6.07 Å². The van der Waals surface area contributed by atoms with E-state index >= 15 is 0 Å². The normalized spacial score (nSPS) is 11.2. The lowest BCUT2D eigenvalue weighted by Crippen LogP contribution is -2.15. The van der Waals surface area contributed by atoms with Crippen molar-refractivity contribution >= 4 is 16.0 Å². The van der Waals surface area contributed by atoms with E-state index in [-0.39, 0.29) is 5.56 Å².